The highest BCUT2D eigenvalue weighted by Crippen LogP contribution is 2.34. The number of carbonyl (C=O) groups is 1. The zero-order chi connectivity index (χ0) is 23.0. The van der Waals surface area contributed by atoms with E-state index >= 15 is 0 Å². The molecule has 0 unspecified atom stereocenters. The number of aromatic nitrogens is 3. The number of hydrogen-bond donors (Lipinski definition) is 2. The highest BCUT2D eigenvalue weighted by atomic mass is 35.5. The van der Waals surface area contributed by atoms with E-state index in [1.807, 2.05) is 12.1 Å². The van der Waals surface area contributed by atoms with Gasteiger partial charge in [0.1, 0.15) is 0 Å². The van der Waals surface area contributed by atoms with Crippen molar-refractivity contribution in [3.63, 3.8) is 0 Å². The van der Waals surface area contributed by atoms with Crippen molar-refractivity contribution in [3.8, 4) is 0 Å². The van der Waals surface area contributed by atoms with Gasteiger partial charge >= 0.3 is 0 Å². The summed E-state index contributed by atoms with van der Waals surface area (Å²) in [7, 11) is 4.69. The number of hydrogen-bond acceptors (Lipinski definition) is 5. The van der Waals surface area contributed by atoms with Gasteiger partial charge < -0.3 is 14.9 Å². The third-order valence-electron chi connectivity index (χ3n) is 5.05. The van der Waals surface area contributed by atoms with Crippen LogP contribution in [-0.4, -0.2) is 39.7 Å². The monoisotopic (exact) mass is 471 g/mol. The third kappa shape index (κ3) is 3.95. The number of amides is 1. The van der Waals surface area contributed by atoms with E-state index in [-0.39, 0.29) is 11.5 Å². The number of nitrogens with zero attached hydrogens (tertiary/aromatic N) is 3. The molecule has 0 fully saturated rings. The molecule has 2 heterocycles. The molecule has 0 saturated heterocycles. The third-order valence-corrected chi connectivity index (χ3v) is 5.68. The van der Waals surface area contributed by atoms with Gasteiger partial charge in [-0.2, -0.15) is 0 Å². The molecule has 0 spiro atoms. The molecule has 0 saturated carbocycles. The molecule has 8 nitrogen and oxygen atoms in total. The minimum absolute atomic E-state index is 0.300. The molecule has 0 aliphatic rings. The lowest BCUT2D eigenvalue weighted by Gasteiger charge is -2.10. The Kier molecular flexibility index (Phi) is 5.92. The first kappa shape index (κ1) is 21.9. The molecule has 2 aromatic carbocycles. The van der Waals surface area contributed by atoms with Gasteiger partial charge in [0.15, 0.2) is 0 Å². The summed E-state index contributed by atoms with van der Waals surface area (Å²) >= 11 is 12.5. The summed E-state index contributed by atoms with van der Waals surface area (Å²) in [6.45, 7) is 0. The van der Waals surface area contributed by atoms with Crippen LogP contribution in [0, 0.1) is 0 Å². The van der Waals surface area contributed by atoms with E-state index in [0.29, 0.717) is 49.2 Å². The fraction of sp³-hybridized carbons (Fsp3) is 0.136. The van der Waals surface area contributed by atoms with E-state index in [4.69, 9.17) is 28.0 Å². The Morgan fingerprint density at radius 1 is 1.25 bits per heavy atom. The summed E-state index contributed by atoms with van der Waals surface area (Å²) in [5.41, 5.74) is 2.01. The van der Waals surface area contributed by atoms with Gasteiger partial charge in [0.2, 0.25) is 5.95 Å². The molecule has 4 rings (SSSR count). The highest BCUT2D eigenvalue weighted by molar-refractivity contribution is 6.39. The Bertz CT molecular complexity index is 1420. The molecule has 32 heavy (non-hydrogen) atoms. The van der Waals surface area contributed by atoms with Gasteiger partial charge in [0, 0.05) is 25.9 Å². The number of hydroxylamine groups is 2. The highest BCUT2D eigenvalue weighted by Gasteiger charge is 2.16. The second kappa shape index (κ2) is 8.66. The first-order valence-electron chi connectivity index (χ1n) is 9.53. The molecule has 0 aliphatic carbocycles. The number of carbonyl (C=O) groups excluding carboxylic acids is 1. The minimum atomic E-state index is -0.357. The minimum Gasteiger partial charge on any atom is -0.323 e. The largest absolute Gasteiger partial charge is 0.323 e. The second-order valence-corrected chi connectivity index (χ2v) is 7.83. The van der Waals surface area contributed by atoms with Gasteiger partial charge in [0.25, 0.3) is 11.5 Å². The van der Waals surface area contributed by atoms with Crippen LogP contribution in [0.4, 0.5) is 11.6 Å². The Morgan fingerprint density at radius 2 is 1.97 bits per heavy atom. The van der Waals surface area contributed by atoms with E-state index < -0.39 is 0 Å². The average molecular weight is 472 g/mol. The molecule has 1 amide bonds. The van der Waals surface area contributed by atoms with Crippen molar-refractivity contribution in [1.29, 1.82) is 0 Å². The Hall–Kier alpha value is -3.33. The molecule has 10 heteroatoms. The molecule has 4 aromatic rings. The van der Waals surface area contributed by atoms with Crippen molar-refractivity contribution in [2.45, 2.75) is 0 Å². The molecule has 2 N–H and O–H groups in total. The van der Waals surface area contributed by atoms with Crippen molar-refractivity contribution in [3.05, 3.63) is 68.6 Å². The lowest BCUT2D eigenvalue weighted by atomic mass is 10.1. The smallest absolute Gasteiger partial charge is 0.269 e. The van der Waals surface area contributed by atoms with Crippen LogP contribution < -0.4 is 10.9 Å². The number of para-hydroxylation sites is 1. The zero-order valence-electron chi connectivity index (χ0n) is 17.4. The van der Waals surface area contributed by atoms with Crippen molar-refractivity contribution in [1.82, 2.24) is 19.6 Å². The topological polar surface area (TPSA) is 92.2 Å². The van der Waals surface area contributed by atoms with E-state index in [0.717, 1.165) is 5.06 Å². The second-order valence-electron chi connectivity index (χ2n) is 7.02. The number of anilines is 2. The molecule has 0 bridgehead atoms. The van der Waals surface area contributed by atoms with Crippen molar-refractivity contribution < 1.29 is 9.63 Å². The number of imidazole rings is 1. The van der Waals surface area contributed by atoms with Crippen LogP contribution in [0.5, 0.6) is 0 Å². The number of fused-ring (bicyclic) bond motifs is 3. The van der Waals surface area contributed by atoms with Gasteiger partial charge in [0.05, 0.1) is 39.3 Å². The first-order valence-corrected chi connectivity index (χ1v) is 10.3. The quantitative estimate of drug-likeness (QED) is 0.330. The molecule has 0 radical (unpaired) electrons. The van der Waals surface area contributed by atoms with E-state index in [9.17, 15) is 9.59 Å². The number of halogens is 2. The lowest BCUT2D eigenvalue weighted by molar-refractivity contribution is -0.162. The van der Waals surface area contributed by atoms with E-state index in [1.165, 1.54) is 26.3 Å². The number of rotatable bonds is 5. The number of nitrogens with one attached hydrogen (secondary N) is 2. The van der Waals surface area contributed by atoms with Crippen molar-refractivity contribution in [2.24, 2.45) is 7.05 Å². The molecule has 2 aromatic heterocycles. The maximum absolute atomic E-state index is 13.0. The van der Waals surface area contributed by atoms with Crippen LogP contribution >= 0.6 is 23.2 Å². The number of likely N-dealkylation sites (N-methyl/N-ethyl adjacent to an activating group) is 1. The predicted octanol–water partition coefficient (Wildman–Crippen LogP) is 4.50. The Morgan fingerprint density at radius 3 is 2.66 bits per heavy atom. The number of aromatic amines is 1. The van der Waals surface area contributed by atoms with Gasteiger partial charge in [-0.1, -0.05) is 35.3 Å². The molecular formula is C22H19Cl2N5O3. The van der Waals surface area contributed by atoms with Gasteiger partial charge in [-0.05, 0) is 35.7 Å². The summed E-state index contributed by atoms with van der Waals surface area (Å²) in [5.74, 6) is 0.128. The fourth-order valence-electron chi connectivity index (χ4n) is 3.36. The molecule has 164 valence electrons. The molecule has 0 aliphatic heterocycles. The SMILES string of the molecule is CON(C)C(=O)/C=C/c1cc2ccc3nc(Nc4c(Cl)cccc4Cl)n(C)c3c2c(=O)[nH]1. The number of pyridine rings is 1. The Balaban J connectivity index is 1.79. The van der Waals surface area contributed by atoms with Crippen LogP contribution in [-0.2, 0) is 16.7 Å². The summed E-state index contributed by atoms with van der Waals surface area (Å²) in [5, 5.41) is 6.33. The van der Waals surface area contributed by atoms with E-state index in [2.05, 4.69) is 15.3 Å². The predicted molar refractivity (Wildman–Crippen MR) is 127 cm³/mol. The maximum atomic E-state index is 13.0. The van der Waals surface area contributed by atoms with Crippen molar-refractivity contribution in [2.75, 3.05) is 19.5 Å². The fourth-order valence-corrected chi connectivity index (χ4v) is 3.86. The lowest BCUT2D eigenvalue weighted by Crippen LogP contribution is -2.23. The van der Waals surface area contributed by atoms with Crippen LogP contribution in [0.2, 0.25) is 10.0 Å². The number of benzene rings is 2. The van der Waals surface area contributed by atoms with Gasteiger partial charge in [-0.15, -0.1) is 0 Å². The summed E-state index contributed by atoms with van der Waals surface area (Å²) in [6, 6.07) is 10.6. The Labute approximate surface area is 193 Å². The van der Waals surface area contributed by atoms with Gasteiger partial charge in [-0.3, -0.25) is 14.4 Å². The van der Waals surface area contributed by atoms with Gasteiger partial charge in [-0.25, -0.2) is 10.0 Å². The normalized spacial score (nSPS) is 11.5. The maximum Gasteiger partial charge on any atom is 0.269 e. The molecule has 0 atom stereocenters. The van der Waals surface area contributed by atoms with Crippen LogP contribution in [0.25, 0.3) is 27.9 Å². The summed E-state index contributed by atoms with van der Waals surface area (Å²) in [4.78, 5) is 37.1. The number of aryl methyl sites for hydroxylation is 1. The number of H-pyrrole nitrogens is 1. The first-order chi connectivity index (χ1) is 15.3. The standard InChI is InChI=1S/C22H19Cl2N5O3/c1-28-20-16(26-22(28)27-19-14(23)5-4-6-15(19)24)9-7-12-11-13(25-21(31)18(12)20)8-10-17(30)29(2)32-3/h4-11H,1-3H3,(H,25,31)(H,26,27)/b10-8+. The molecular weight excluding hydrogens is 453 g/mol. The summed E-state index contributed by atoms with van der Waals surface area (Å²) in [6.07, 6.45) is 2.84. The van der Waals surface area contributed by atoms with Crippen molar-refractivity contribution >= 4 is 68.6 Å². The van der Waals surface area contributed by atoms with Crippen LogP contribution in [0.1, 0.15) is 5.69 Å². The van der Waals surface area contributed by atoms with Crippen LogP contribution in [0.3, 0.4) is 0 Å². The zero-order valence-corrected chi connectivity index (χ0v) is 19.0. The van der Waals surface area contributed by atoms with E-state index in [1.54, 1.807) is 35.9 Å². The average Bonchev–Trinajstić information content (AvgIpc) is 3.09. The van der Waals surface area contributed by atoms with Crippen LogP contribution in [0.15, 0.2) is 47.3 Å². The summed E-state index contributed by atoms with van der Waals surface area (Å²) < 4.78 is 1.78.